The van der Waals surface area contributed by atoms with E-state index in [-0.39, 0.29) is 39.3 Å². The van der Waals surface area contributed by atoms with Crippen molar-refractivity contribution in [2.45, 2.75) is 149 Å². The lowest BCUT2D eigenvalue weighted by atomic mass is 9.42. The van der Waals surface area contributed by atoms with Crippen LogP contribution in [-0.2, 0) is 32.5 Å². The normalized spacial score (nSPS) is 17.3. The molecular weight excluding hydrogens is 852 g/mol. The molecular formula is C65H69BN2S. The highest BCUT2D eigenvalue weighted by Gasteiger charge is 2.51. The van der Waals surface area contributed by atoms with Gasteiger partial charge in [0, 0.05) is 59.6 Å². The van der Waals surface area contributed by atoms with Crippen LogP contribution in [-0.4, -0.2) is 6.85 Å². The van der Waals surface area contributed by atoms with Crippen LogP contribution in [0, 0.1) is 0 Å². The molecule has 0 spiro atoms. The molecule has 2 aliphatic heterocycles. The number of hydrogen-bond donors (Lipinski definition) is 0. The highest BCUT2D eigenvalue weighted by molar-refractivity contribution is 7.25. The number of thiophene rings is 1. The van der Waals surface area contributed by atoms with Gasteiger partial charge >= 0.3 is 6.85 Å². The minimum absolute atomic E-state index is 0.0346. The summed E-state index contributed by atoms with van der Waals surface area (Å²) in [6.45, 7) is 35.7. The predicted octanol–water partition coefficient (Wildman–Crippen LogP) is 17.3. The minimum Gasteiger partial charge on any atom is -0.376 e. The molecule has 0 radical (unpaired) electrons. The second kappa shape index (κ2) is 14.3. The van der Waals surface area contributed by atoms with Gasteiger partial charge in [0.15, 0.2) is 0 Å². The van der Waals surface area contributed by atoms with Gasteiger partial charge in [-0.2, -0.15) is 0 Å². The van der Waals surface area contributed by atoms with Crippen LogP contribution >= 0.6 is 11.3 Å². The van der Waals surface area contributed by atoms with Crippen molar-refractivity contribution in [1.82, 2.24) is 0 Å². The molecule has 2 nitrogen and oxygen atoms in total. The third-order valence-corrected chi connectivity index (χ3v) is 18.3. The van der Waals surface area contributed by atoms with Crippen LogP contribution in [0.5, 0.6) is 0 Å². The number of anilines is 5. The summed E-state index contributed by atoms with van der Waals surface area (Å²) in [7, 11) is 0. The first-order valence-electron chi connectivity index (χ1n) is 25.7. The maximum absolute atomic E-state index is 2.75. The van der Waals surface area contributed by atoms with Crippen LogP contribution in [0.3, 0.4) is 0 Å². The Kier molecular flexibility index (Phi) is 9.24. The number of rotatable bonds is 2. The molecule has 4 heteroatoms. The van der Waals surface area contributed by atoms with Gasteiger partial charge in [-0.3, -0.25) is 0 Å². The van der Waals surface area contributed by atoms with Gasteiger partial charge in [-0.15, -0.1) is 11.3 Å². The lowest BCUT2D eigenvalue weighted by Gasteiger charge is -2.48. The lowest BCUT2D eigenvalue weighted by molar-refractivity contribution is 0.332. The van der Waals surface area contributed by atoms with Gasteiger partial charge < -0.3 is 9.71 Å². The number of fused-ring (bicyclic) bond motifs is 12. The molecule has 1 aromatic heterocycles. The topological polar surface area (TPSA) is 6.48 Å². The monoisotopic (exact) mass is 921 g/mol. The average molecular weight is 921 g/mol. The van der Waals surface area contributed by atoms with Crippen molar-refractivity contribution >= 4 is 77.7 Å². The van der Waals surface area contributed by atoms with Gasteiger partial charge in [0.2, 0.25) is 0 Å². The fourth-order valence-corrected chi connectivity index (χ4v) is 14.0. The van der Waals surface area contributed by atoms with Crippen molar-refractivity contribution < 1.29 is 0 Å². The molecule has 8 aromatic rings. The Labute approximate surface area is 416 Å². The maximum Gasteiger partial charge on any atom is 0.333 e. The summed E-state index contributed by atoms with van der Waals surface area (Å²) in [6, 6.07) is 48.8. The zero-order valence-corrected chi connectivity index (χ0v) is 44.7. The van der Waals surface area contributed by atoms with Crippen LogP contribution < -0.4 is 20.6 Å². The van der Waals surface area contributed by atoms with E-state index < -0.39 is 0 Å². The third kappa shape index (κ3) is 6.49. The molecule has 0 N–H and O–H groups in total. The fraction of sp³-hybridized carbons (Fsp3) is 0.354. The predicted molar refractivity (Wildman–Crippen MR) is 302 cm³/mol. The Morgan fingerprint density at radius 3 is 1.65 bits per heavy atom. The summed E-state index contributed by atoms with van der Waals surface area (Å²) in [5.41, 5.74) is 24.4. The Morgan fingerprint density at radius 2 is 1.03 bits per heavy atom. The van der Waals surface area contributed by atoms with E-state index in [0.717, 1.165) is 0 Å². The Bertz CT molecular complexity index is 3470. The summed E-state index contributed by atoms with van der Waals surface area (Å²) in [4.78, 5) is 5.43. The van der Waals surface area contributed by atoms with Gasteiger partial charge in [-0.05, 0) is 167 Å². The van der Waals surface area contributed by atoms with Crippen molar-refractivity contribution in [1.29, 1.82) is 0 Å². The zero-order chi connectivity index (χ0) is 48.7. The van der Waals surface area contributed by atoms with E-state index in [1.165, 1.54) is 134 Å². The first-order chi connectivity index (χ1) is 32.3. The van der Waals surface area contributed by atoms with E-state index in [9.17, 15) is 0 Å². The zero-order valence-electron chi connectivity index (χ0n) is 43.8. The fourth-order valence-electron chi connectivity index (χ4n) is 12.9. The first-order valence-corrected chi connectivity index (χ1v) is 26.5. The van der Waals surface area contributed by atoms with Crippen LogP contribution in [0.15, 0.2) is 121 Å². The molecule has 0 bridgehead atoms. The van der Waals surface area contributed by atoms with Gasteiger partial charge in [-0.1, -0.05) is 165 Å². The molecule has 69 heavy (non-hydrogen) atoms. The van der Waals surface area contributed by atoms with E-state index in [2.05, 4.69) is 235 Å². The highest BCUT2D eigenvalue weighted by atomic mass is 32.1. The average Bonchev–Trinajstić information content (AvgIpc) is 3.76. The third-order valence-electron chi connectivity index (χ3n) is 17.2. The van der Waals surface area contributed by atoms with Crippen molar-refractivity contribution in [3.05, 3.63) is 160 Å². The van der Waals surface area contributed by atoms with Crippen molar-refractivity contribution in [3.8, 4) is 22.3 Å². The summed E-state index contributed by atoms with van der Waals surface area (Å²) in [5, 5.41) is 2.76. The van der Waals surface area contributed by atoms with Crippen LogP contribution in [0.25, 0.3) is 42.4 Å². The summed E-state index contributed by atoms with van der Waals surface area (Å²) in [6.07, 6.45) is 2.41. The molecule has 4 aliphatic rings. The molecule has 348 valence electrons. The number of benzene rings is 7. The summed E-state index contributed by atoms with van der Waals surface area (Å²) >= 11 is 1.99. The van der Waals surface area contributed by atoms with E-state index in [0.29, 0.717) is 0 Å². The standard InChI is InChI=1S/C65H69BN2S/c1-60(2,3)38-20-25-41(26-21-38)67-53-29-24-40(62(7,8)9)32-52(53)66-58-48(34-47-43-18-16-17-19-49(43)65(14,15)57(47)59(58)67)44-33-45-46-35-50-51(64(12,13)31-30-63(50,10)11)36-55(46)69-56(45)37-54(44)68(66)42-27-22-39(23-28-42)61(4,5)6/h16-29,32-37H,30-31H2,1-15H3. The van der Waals surface area contributed by atoms with Crippen LogP contribution in [0.1, 0.15) is 156 Å². The molecule has 12 rings (SSSR count). The second-order valence-electron chi connectivity index (χ2n) is 26.1. The molecule has 0 amide bonds. The van der Waals surface area contributed by atoms with Crippen LogP contribution in [0.4, 0.5) is 28.4 Å². The molecule has 0 saturated carbocycles. The second-order valence-corrected chi connectivity index (χ2v) is 27.2. The number of hydrogen-bond acceptors (Lipinski definition) is 3. The number of nitrogens with zero attached hydrogens (tertiary/aromatic N) is 2. The largest absolute Gasteiger partial charge is 0.376 e. The Hall–Kier alpha value is -5.58. The van der Waals surface area contributed by atoms with Crippen molar-refractivity contribution in [3.63, 3.8) is 0 Å². The molecule has 0 atom stereocenters. The van der Waals surface area contributed by atoms with Crippen molar-refractivity contribution in [2.75, 3.05) is 9.71 Å². The van der Waals surface area contributed by atoms with E-state index in [4.69, 9.17) is 0 Å². The smallest absolute Gasteiger partial charge is 0.333 e. The summed E-state index contributed by atoms with van der Waals surface area (Å²) < 4.78 is 2.75. The van der Waals surface area contributed by atoms with Crippen LogP contribution in [0.2, 0.25) is 0 Å². The molecule has 7 aromatic carbocycles. The van der Waals surface area contributed by atoms with E-state index in [1.807, 2.05) is 11.3 Å². The van der Waals surface area contributed by atoms with Gasteiger partial charge in [-0.25, -0.2) is 0 Å². The minimum atomic E-state index is -0.250. The SMILES string of the molecule is CC(C)(C)c1ccc(N2B3c4cc(C(C)(C)C)ccc4N(c4ccc(C(C)(C)C)cc4)c4c3c(cc3c4C(C)(C)c4ccccc4-3)-c3cc4c(cc32)sc2cc3c(cc24)C(C)(C)CCC3(C)C)cc1. The quantitative estimate of drug-likeness (QED) is 0.159. The van der Waals surface area contributed by atoms with Gasteiger partial charge in [0.25, 0.3) is 0 Å². The van der Waals surface area contributed by atoms with Crippen molar-refractivity contribution in [2.24, 2.45) is 0 Å². The molecule has 0 unspecified atom stereocenters. The molecule has 0 fully saturated rings. The Balaban J connectivity index is 1.24. The van der Waals surface area contributed by atoms with E-state index >= 15 is 0 Å². The lowest BCUT2D eigenvalue weighted by Crippen LogP contribution is -2.62. The molecule has 0 saturated heterocycles. The Morgan fingerprint density at radius 1 is 0.478 bits per heavy atom. The molecule has 2 aliphatic carbocycles. The molecule has 3 heterocycles. The van der Waals surface area contributed by atoms with E-state index in [1.54, 1.807) is 0 Å². The highest BCUT2D eigenvalue weighted by Crippen LogP contribution is 2.59. The summed E-state index contributed by atoms with van der Waals surface area (Å²) in [5.74, 6) is 0. The van der Waals surface area contributed by atoms with Gasteiger partial charge in [0.05, 0.1) is 0 Å². The maximum atomic E-state index is 2.75. The first kappa shape index (κ1) is 44.6. The van der Waals surface area contributed by atoms with Gasteiger partial charge in [0.1, 0.15) is 0 Å².